The number of pyridine rings is 2. The van der Waals surface area contributed by atoms with E-state index >= 15 is 0 Å². The molecule has 0 saturated carbocycles. The first kappa shape index (κ1) is 17.1. The van der Waals surface area contributed by atoms with Gasteiger partial charge in [-0.15, -0.1) is 0 Å². The Bertz CT molecular complexity index is 1050. The third-order valence-corrected chi connectivity index (χ3v) is 3.93. The number of hydrogen-bond acceptors (Lipinski definition) is 4. The summed E-state index contributed by atoms with van der Waals surface area (Å²) in [6.07, 6.45) is 3.31. The van der Waals surface area contributed by atoms with E-state index in [4.69, 9.17) is 5.26 Å². The normalized spacial score (nSPS) is 10.2. The summed E-state index contributed by atoms with van der Waals surface area (Å²) in [5.74, 6) is -0.455. The number of hydrogen-bond donors (Lipinski definition) is 1. The summed E-state index contributed by atoms with van der Waals surface area (Å²) in [7, 11) is 0. The van der Waals surface area contributed by atoms with Gasteiger partial charge < -0.3 is 5.32 Å². The smallest absolute Gasteiger partial charge is 0.268 e. The van der Waals surface area contributed by atoms with Crippen molar-refractivity contribution in [1.29, 1.82) is 5.26 Å². The van der Waals surface area contributed by atoms with E-state index in [1.165, 1.54) is 10.6 Å². The molecule has 1 N–H and O–H groups in total. The van der Waals surface area contributed by atoms with E-state index in [0.29, 0.717) is 16.9 Å². The molecule has 0 aliphatic heterocycles. The number of rotatable bonds is 4. The monoisotopic (exact) mass is 344 g/mol. The van der Waals surface area contributed by atoms with Gasteiger partial charge in [0.25, 0.3) is 11.5 Å². The molecule has 0 aliphatic carbocycles. The molecule has 0 bridgehead atoms. The maximum atomic E-state index is 12.8. The summed E-state index contributed by atoms with van der Waals surface area (Å²) in [5, 5.41) is 11.8. The summed E-state index contributed by atoms with van der Waals surface area (Å²) >= 11 is 0. The molecule has 2 aromatic heterocycles. The minimum absolute atomic E-state index is 0.0434. The zero-order valence-corrected chi connectivity index (χ0v) is 14.1. The van der Waals surface area contributed by atoms with Gasteiger partial charge in [-0.1, -0.05) is 12.1 Å². The number of aromatic nitrogens is 2. The topological polar surface area (TPSA) is 87.8 Å². The van der Waals surface area contributed by atoms with Crippen molar-refractivity contribution in [3.63, 3.8) is 0 Å². The molecule has 0 atom stereocenters. The molecule has 128 valence electrons. The van der Waals surface area contributed by atoms with Crippen LogP contribution >= 0.6 is 0 Å². The standard InChI is InChI=1S/C20H16N4O2/c1-14-7-8-18(19(25)23-13-16-5-3-9-22-12-16)20(26)24(14)17-6-2-4-15(10-17)11-21/h2-10,12H,13H2,1H3,(H,23,25). The van der Waals surface area contributed by atoms with Crippen molar-refractivity contribution in [2.45, 2.75) is 13.5 Å². The fourth-order valence-corrected chi connectivity index (χ4v) is 2.62. The van der Waals surface area contributed by atoms with Gasteiger partial charge in [0.15, 0.2) is 0 Å². The average molecular weight is 344 g/mol. The van der Waals surface area contributed by atoms with Gasteiger partial charge >= 0.3 is 0 Å². The van der Waals surface area contributed by atoms with Crippen molar-refractivity contribution in [3.8, 4) is 11.8 Å². The predicted octanol–water partition coefficient (Wildman–Crippen LogP) is 2.34. The third-order valence-electron chi connectivity index (χ3n) is 3.93. The number of nitriles is 1. The fourth-order valence-electron chi connectivity index (χ4n) is 2.62. The first-order valence-corrected chi connectivity index (χ1v) is 8.00. The lowest BCUT2D eigenvalue weighted by Gasteiger charge is -2.12. The Kier molecular flexibility index (Phi) is 4.90. The van der Waals surface area contributed by atoms with Gasteiger partial charge in [0.05, 0.1) is 17.3 Å². The van der Waals surface area contributed by atoms with Crippen molar-refractivity contribution in [1.82, 2.24) is 14.9 Å². The molecule has 6 heteroatoms. The summed E-state index contributed by atoms with van der Waals surface area (Å²) < 4.78 is 1.43. The van der Waals surface area contributed by atoms with Crippen molar-refractivity contribution in [2.24, 2.45) is 0 Å². The van der Waals surface area contributed by atoms with E-state index in [9.17, 15) is 9.59 Å². The van der Waals surface area contributed by atoms with Crippen LogP contribution in [0.3, 0.4) is 0 Å². The van der Waals surface area contributed by atoms with Crippen LogP contribution in [0, 0.1) is 18.3 Å². The maximum absolute atomic E-state index is 12.8. The van der Waals surface area contributed by atoms with Crippen LogP contribution in [-0.4, -0.2) is 15.5 Å². The zero-order chi connectivity index (χ0) is 18.5. The van der Waals surface area contributed by atoms with Crippen LogP contribution in [0.1, 0.15) is 27.2 Å². The van der Waals surface area contributed by atoms with Crippen molar-refractivity contribution in [2.75, 3.05) is 0 Å². The molecule has 1 amide bonds. The van der Waals surface area contributed by atoms with Crippen molar-refractivity contribution in [3.05, 3.63) is 93.7 Å². The molecule has 0 saturated heterocycles. The quantitative estimate of drug-likeness (QED) is 0.787. The first-order chi connectivity index (χ1) is 12.6. The Morgan fingerprint density at radius 2 is 2.08 bits per heavy atom. The largest absolute Gasteiger partial charge is 0.348 e. The molecule has 0 aliphatic rings. The molecule has 3 rings (SSSR count). The lowest BCUT2D eigenvalue weighted by molar-refractivity contribution is 0.0949. The van der Waals surface area contributed by atoms with Gasteiger partial charge in [-0.2, -0.15) is 5.26 Å². The first-order valence-electron chi connectivity index (χ1n) is 8.00. The molecule has 0 radical (unpaired) electrons. The fraction of sp³-hybridized carbons (Fsp3) is 0.100. The Morgan fingerprint density at radius 3 is 2.81 bits per heavy atom. The zero-order valence-electron chi connectivity index (χ0n) is 14.1. The Hall–Kier alpha value is -3.72. The minimum Gasteiger partial charge on any atom is -0.348 e. The van der Waals surface area contributed by atoms with E-state index < -0.39 is 11.5 Å². The molecule has 0 fully saturated rings. The maximum Gasteiger partial charge on any atom is 0.268 e. The number of amides is 1. The van der Waals surface area contributed by atoms with E-state index in [0.717, 1.165) is 5.56 Å². The van der Waals surface area contributed by atoms with Gasteiger partial charge in [0.2, 0.25) is 0 Å². The van der Waals surface area contributed by atoms with Crippen LogP contribution in [0.2, 0.25) is 0 Å². The number of nitrogens with zero attached hydrogens (tertiary/aromatic N) is 3. The number of benzene rings is 1. The Morgan fingerprint density at radius 1 is 1.23 bits per heavy atom. The van der Waals surface area contributed by atoms with E-state index in [2.05, 4.69) is 16.4 Å². The van der Waals surface area contributed by atoms with Crippen LogP contribution in [0.4, 0.5) is 0 Å². The van der Waals surface area contributed by atoms with Crippen LogP contribution in [0.15, 0.2) is 65.7 Å². The lowest BCUT2D eigenvalue weighted by Crippen LogP contribution is -2.33. The molecule has 0 unspecified atom stereocenters. The third kappa shape index (κ3) is 3.52. The van der Waals surface area contributed by atoms with Crippen LogP contribution in [-0.2, 0) is 6.54 Å². The molecule has 0 spiro atoms. The van der Waals surface area contributed by atoms with Gasteiger partial charge in [0.1, 0.15) is 5.56 Å². The SMILES string of the molecule is Cc1ccc(C(=O)NCc2cccnc2)c(=O)n1-c1cccc(C#N)c1. The summed E-state index contributed by atoms with van der Waals surface area (Å²) in [6, 6.07) is 15.6. The predicted molar refractivity (Wildman–Crippen MR) is 96.9 cm³/mol. The summed E-state index contributed by atoms with van der Waals surface area (Å²) in [4.78, 5) is 29.3. The van der Waals surface area contributed by atoms with Crippen molar-refractivity contribution < 1.29 is 4.79 Å². The molecule has 3 aromatic rings. The number of carbonyl (C=O) groups excluding carboxylic acids is 1. The highest BCUT2D eigenvalue weighted by Crippen LogP contribution is 2.11. The summed E-state index contributed by atoms with van der Waals surface area (Å²) in [5.41, 5.74) is 2.13. The molecule has 26 heavy (non-hydrogen) atoms. The van der Waals surface area contributed by atoms with Crippen molar-refractivity contribution >= 4 is 5.91 Å². The Labute approximate surface area is 150 Å². The highest BCUT2D eigenvalue weighted by atomic mass is 16.2. The second-order valence-corrected chi connectivity index (χ2v) is 5.74. The average Bonchev–Trinajstić information content (AvgIpc) is 2.67. The van der Waals surface area contributed by atoms with E-state index in [1.807, 2.05) is 6.07 Å². The molecule has 6 nitrogen and oxygen atoms in total. The molecule has 2 heterocycles. The number of aryl methyl sites for hydroxylation is 1. The highest BCUT2D eigenvalue weighted by molar-refractivity contribution is 5.93. The minimum atomic E-state index is -0.455. The summed E-state index contributed by atoms with van der Waals surface area (Å²) in [6.45, 7) is 2.06. The molecular weight excluding hydrogens is 328 g/mol. The second-order valence-electron chi connectivity index (χ2n) is 5.74. The molecule has 1 aromatic carbocycles. The van der Waals surface area contributed by atoms with Crippen LogP contribution in [0.5, 0.6) is 0 Å². The van der Waals surface area contributed by atoms with E-state index in [1.54, 1.807) is 55.7 Å². The van der Waals surface area contributed by atoms with E-state index in [-0.39, 0.29) is 12.1 Å². The number of nitrogens with one attached hydrogen (secondary N) is 1. The van der Waals surface area contributed by atoms with Gasteiger partial charge in [0, 0.05) is 24.6 Å². The van der Waals surface area contributed by atoms with Gasteiger partial charge in [-0.05, 0) is 48.9 Å². The molecular formula is C20H16N4O2. The van der Waals surface area contributed by atoms with Crippen LogP contribution < -0.4 is 10.9 Å². The van der Waals surface area contributed by atoms with Crippen LogP contribution in [0.25, 0.3) is 5.69 Å². The number of carbonyl (C=O) groups is 1. The van der Waals surface area contributed by atoms with Gasteiger partial charge in [-0.3, -0.25) is 19.1 Å². The van der Waals surface area contributed by atoms with Gasteiger partial charge in [-0.25, -0.2) is 0 Å². The Balaban J connectivity index is 1.93. The lowest BCUT2D eigenvalue weighted by atomic mass is 10.1. The highest BCUT2D eigenvalue weighted by Gasteiger charge is 2.15. The second kappa shape index (κ2) is 7.45.